The Hall–Kier alpha value is -3.42. The number of amidine groups is 2. The van der Waals surface area contributed by atoms with Crippen molar-refractivity contribution in [2.24, 2.45) is 9.98 Å². The summed E-state index contributed by atoms with van der Waals surface area (Å²) < 4.78 is 0. The van der Waals surface area contributed by atoms with Gasteiger partial charge in [-0.25, -0.2) is 4.99 Å². The number of benzene rings is 3. The van der Waals surface area contributed by atoms with Crippen molar-refractivity contribution in [1.82, 2.24) is 4.90 Å². The number of hydrogen-bond acceptors (Lipinski definition) is 5. The summed E-state index contributed by atoms with van der Waals surface area (Å²) in [6.07, 6.45) is 1.08. The van der Waals surface area contributed by atoms with Crippen molar-refractivity contribution in [1.29, 1.82) is 0 Å². The molecule has 2 amide bonds. The van der Waals surface area contributed by atoms with Gasteiger partial charge in [0.05, 0.1) is 10.9 Å². The van der Waals surface area contributed by atoms with Crippen LogP contribution in [-0.4, -0.2) is 39.0 Å². The van der Waals surface area contributed by atoms with Gasteiger partial charge in [0, 0.05) is 22.7 Å². The predicted octanol–water partition coefficient (Wildman–Crippen LogP) is 6.00. The smallest absolute Gasteiger partial charge is 0.271 e. The van der Waals surface area contributed by atoms with Crippen molar-refractivity contribution in [3.05, 3.63) is 94.5 Å². The average molecular weight is 517 g/mol. The molecule has 8 heteroatoms. The standard InChI is InChI=1S/C28H25ClN4O2S/c1-3-24(27(35)30-19-14-13-17(2)21(29)16-19)36-28-31-22-12-8-7-11-20(22)25-32-26(34)23(33(25)28)15-18-9-5-4-6-10-18/h4-14,16,23-24H,3,15H2,1-2H3,(H,30,35). The summed E-state index contributed by atoms with van der Waals surface area (Å²) in [5.41, 5.74) is 4.19. The number of amides is 2. The number of nitrogens with zero attached hydrogens (tertiary/aromatic N) is 3. The molecule has 2 aliphatic rings. The lowest BCUT2D eigenvalue weighted by atomic mass is 10.0. The molecule has 0 radical (unpaired) electrons. The normalized spacial score (nSPS) is 17.1. The number of rotatable bonds is 6. The van der Waals surface area contributed by atoms with E-state index in [1.807, 2.05) is 85.5 Å². The number of carbonyl (C=O) groups is 2. The Labute approximate surface area is 219 Å². The van der Waals surface area contributed by atoms with E-state index in [9.17, 15) is 9.59 Å². The molecule has 36 heavy (non-hydrogen) atoms. The molecular weight excluding hydrogens is 492 g/mol. The summed E-state index contributed by atoms with van der Waals surface area (Å²) in [5.74, 6) is 0.243. The molecule has 2 heterocycles. The van der Waals surface area contributed by atoms with Gasteiger partial charge in [0.2, 0.25) is 5.91 Å². The minimum atomic E-state index is -0.515. The van der Waals surface area contributed by atoms with Crippen LogP contribution in [0.25, 0.3) is 0 Å². The maximum atomic E-state index is 13.2. The molecule has 0 fully saturated rings. The number of hydrogen-bond donors (Lipinski definition) is 1. The van der Waals surface area contributed by atoms with Gasteiger partial charge in [0.15, 0.2) is 5.17 Å². The highest BCUT2D eigenvalue weighted by Gasteiger charge is 2.42. The lowest BCUT2D eigenvalue weighted by Crippen LogP contribution is -2.45. The number of para-hydroxylation sites is 1. The van der Waals surface area contributed by atoms with E-state index < -0.39 is 11.3 Å². The first-order valence-corrected chi connectivity index (χ1v) is 13.1. The van der Waals surface area contributed by atoms with E-state index in [2.05, 4.69) is 10.3 Å². The molecule has 0 bridgehead atoms. The fourth-order valence-electron chi connectivity index (χ4n) is 4.26. The molecule has 2 atom stereocenters. The molecule has 0 saturated heterocycles. The molecule has 1 N–H and O–H groups in total. The minimum absolute atomic E-state index is 0.146. The van der Waals surface area contributed by atoms with Crippen molar-refractivity contribution < 1.29 is 9.59 Å². The molecule has 5 rings (SSSR count). The van der Waals surface area contributed by atoms with E-state index in [1.54, 1.807) is 6.07 Å². The number of carbonyl (C=O) groups excluding carboxylic acids is 2. The van der Waals surface area contributed by atoms with Gasteiger partial charge < -0.3 is 5.32 Å². The third kappa shape index (κ3) is 4.81. The predicted molar refractivity (Wildman–Crippen MR) is 147 cm³/mol. The molecule has 6 nitrogen and oxygen atoms in total. The fourth-order valence-corrected chi connectivity index (χ4v) is 5.51. The van der Waals surface area contributed by atoms with Gasteiger partial charge >= 0.3 is 0 Å². The second kappa shape index (κ2) is 10.3. The average Bonchev–Trinajstić information content (AvgIpc) is 3.21. The Morgan fingerprint density at radius 1 is 1.08 bits per heavy atom. The van der Waals surface area contributed by atoms with Crippen molar-refractivity contribution in [2.45, 2.75) is 38.0 Å². The molecule has 182 valence electrons. The highest BCUT2D eigenvalue weighted by molar-refractivity contribution is 8.15. The van der Waals surface area contributed by atoms with Crippen molar-refractivity contribution >= 4 is 57.6 Å². The van der Waals surface area contributed by atoms with Crippen molar-refractivity contribution in [3.63, 3.8) is 0 Å². The lowest BCUT2D eigenvalue weighted by molar-refractivity contribution is -0.119. The van der Waals surface area contributed by atoms with Crippen LogP contribution < -0.4 is 5.32 Å². The molecule has 0 aliphatic carbocycles. The Balaban J connectivity index is 1.45. The number of aliphatic imine (C=N–C) groups is 2. The molecule has 0 aromatic heterocycles. The highest BCUT2D eigenvalue weighted by atomic mass is 35.5. The lowest BCUT2D eigenvalue weighted by Gasteiger charge is -2.32. The first-order chi connectivity index (χ1) is 17.4. The van der Waals surface area contributed by atoms with Gasteiger partial charge in [0.1, 0.15) is 11.9 Å². The van der Waals surface area contributed by atoms with Crippen LogP contribution in [0.3, 0.4) is 0 Å². The van der Waals surface area contributed by atoms with Crippen LogP contribution in [0, 0.1) is 6.92 Å². The molecular formula is C28H25ClN4O2S. The van der Waals surface area contributed by atoms with E-state index >= 15 is 0 Å². The van der Waals surface area contributed by atoms with E-state index in [4.69, 9.17) is 16.6 Å². The van der Waals surface area contributed by atoms with E-state index in [1.165, 1.54) is 11.8 Å². The van der Waals surface area contributed by atoms with Crippen LogP contribution in [0.1, 0.15) is 30.0 Å². The quantitative estimate of drug-likeness (QED) is 0.436. The zero-order valence-corrected chi connectivity index (χ0v) is 21.5. The van der Waals surface area contributed by atoms with Crippen LogP contribution in [0.4, 0.5) is 11.4 Å². The molecule has 3 aromatic carbocycles. The second-order valence-electron chi connectivity index (χ2n) is 8.73. The summed E-state index contributed by atoms with van der Waals surface area (Å²) in [5, 5.41) is 3.75. The molecule has 3 aromatic rings. The Bertz CT molecular complexity index is 1390. The molecule has 2 aliphatic heterocycles. The van der Waals surface area contributed by atoms with Crippen molar-refractivity contribution in [2.75, 3.05) is 5.32 Å². The van der Waals surface area contributed by atoms with Gasteiger partial charge in [-0.05, 0) is 48.7 Å². The van der Waals surface area contributed by atoms with Crippen LogP contribution in [-0.2, 0) is 16.0 Å². The van der Waals surface area contributed by atoms with Crippen LogP contribution in [0.2, 0.25) is 5.02 Å². The summed E-state index contributed by atoms with van der Waals surface area (Å²) in [6, 6.07) is 22.5. The molecule has 0 saturated carbocycles. The monoisotopic (exact) mass is 516 g/mol. The first kappa shape index (κ1) is 24.3. The SMILES string of the molecule is CCC(SC1=Nc2ccccc2C2=NC(=O)C(Cc3ccccc3)N12)C(=O)Nc1ccc(C)c(Cl)c1. The summed E-state index contributed by atoms with van der Waals surface area (Å²) in [4.78, 5) is 37.6. The topological polar surface area (TPSA) is 74.1 Å². The minimum Gasteiger partial charge on any atom is -0.325 e. The Morgan fingerprint density at radius 2 is 1.83 bits per heavy atom. The summed E-state index contributed by atoms with van der Waals surface area (Å²) in [7, 11) is 0. The first-order valence-electron chi connectivity index (χ1n) is 11.8. The number of anilines is 1. The van der Waals surface area contributed by atoms with Crippen molar-refractivity contribution in [3.8, 4) is 0 Å². The molecule has 2 unspecified atom stereocenters. The van der Waals surface area contributed by atoms with Gasteiger partial charge in [-0.3, -0.25) is 14.5 Å². The van der Waals surface area contributed by atoms with Crippen LogP contribution >= 0.6 is 23.4 Å². The Kier molecular flexibility index (Phi) is 6.94. The van der Waals surface area contributed by atoms with E-state index in [-0.39, 0.29) is 11.8 Å². The summed E-state index contributed by atoms with van der Waals surface area (Å²) in [6.45, 7) is 3.88. The van der Waals surface area contributed by atoms with Gasteiger partial charge in [-0.15, -0.1) is 0 Å². The van der Waals surface area contributed by atoms with Gasteiger partial charge in [-0.1, -0.05) is 78.8 Å². The second-order valence-corrected chi connectivity index (χ2v) is 10.3. The Morgan fingerprint density at radius 3 is 2.58 bits per heavy atom. The third-order valence-electron chi connectivity index (χ3n) is 6.23. The highest BCUT2D eigenvalue weighted by Crippen LogP contribution is 2.36. The molecule has 0 spiro atoms. The number of nitrogens with one attached hydrogen (secondary N) is 1. The zero-order chi connectivity index (χ0) is 25.2. The van der Waals surface area contributed by atoms with Crippen LogP contribution in [0.5, 0.6) is 0 Å². The van der Waals surface area contributed by atoms with E-state index in [0.717, 1.165) is 22.4 Å². The third-order valence-corrected chi connectivity index (χ3v) is 7.97. The fraction of sp³-hybridized carbons (Fsp3) is 0.214. The van der Waals surface area contributed by atoms with Crippen LogP contribution in [0.15, 0.2) is 82.8 Å². The number of fused-ring (bicyclic) bond motifs is 3. The number of halogens is 1. The summed E-state index contributed by atoms with van der Waals surface area (Å²) >= 11 is 7.60. The maximum Gasteiger partial charge on any atom is 0.271 e. The zero-order valence-electron chi connectivity index (χ0n) is 19.9. The number of thioether (sulfide) groups is 1. The maximum absolute atomic E-state index is 13.2. The van der Waals surface area contributed by atoms with E-state index in [0.29, 0.717) is 34.6 Å². The number of aryl methyl sites for hydroxylation is 1. The van der Waals surface area contributed by atoms with Gasteiger partial charge in [-0.2, -0.15) is 4.99 Å². The largest absolute Gasteiger partial charge is 0.325 e. The van der Waals surface area contributed by atoms with Gasteiger partial charge in [0.25, 0.3) is 5.91 Å².